The highest BCUT2D eigenvalue weighted by Crippen LogP contribution is 2.30. The molecule has 104 valence electrons. The van der Waals surface area contributed by atoms with Gasteiger partial charge in [-0.3, -0.25) is 14.7 Å². The lowest BCUT2D eigenvalue weighted by atomic mass is 10.1. The standard InChI is InChI=1S/C13H15N5O2/c19-18(20)11-4-5-12(16-6-2-1-3-7-16)13(8-11)17-9-14-15-10-17/h4-5,8-10H,1-3,6-7H2. The van der Waals surface area contributed by atoms with Gasteiger partial charge in [0, 0.05) is 25.2 Å². The molecule has 2 aromatic rings. The molecule has 0 unspecified atom stereocenters. The quantitative estimate of drug-likeness (QED) is 0.632. The summed E-state index contributed by atoms with van der Waals surface area (Å²) in [5.41, 5.74) is 1.83. The van der Waals surface area contributed by atoms with E-state index in [0.29, 0.717) is 0 Å². The molecule has 0 bridgehead atoms. The minimum atomic E-state index is -0.381. The van der Waals surface area contributed by atoms with Crippen molar-refractivity contribution in [3.63, 3.8) is 0 Å². The summed E-state index contributed by atoms with van der Waals surface area (Å²) in [5.74, 6) is 0. The van der Waals surface area contributed by atoms with Crippen LogP contribution in [0.15, 0.2) is 30.9 Å². The lowest BCUT2D eigenvalue weighted by Crippen LogP contribution is -2.30. The zero-order valence-electron chi connectivity index (χ0n) is 11.0. The number of benzene rings is 1. The van der Waals surface area contributed by atoms with Crippen LogP contribution in [0.2, 0.25) is 0 Å². The first-order valence-corrected chi connectivity index (χ1v) is 6.64. The van der Waals surface area contributed by atoms with E-state index >= 15 is 0 Å². The number of anilines is 1. The molecule has 2 heterocycles. The number of hydrogen-bond acceptors (Lipinski definition) is 5. The van der Waals surface area contributed by atoms with Crippen molar-refractivity contribution in [1.29, 1.82) is 0 Å². The highest BCUT2D eigenvalue weighted by atomic mass is 16.6. The first-order chi connectivity index (χ1) is 9.75. The topological polar surface area (TPSA) is 77.1 Å². The van der Waals surface area contributed by atoms with E-state index in [0.717, 1.165) is 37.3 Å². The van der Waals surface area contributed by atoms with Gasteiger partial charge in [-0.2, -0.15) is 0 Å². The molecule has 1 aromatic heterocycles. The molecule has 7 nitrogen and oxygen atoms in total. The molecule has 7 heteroatoms. The van der Waals surface area contributed by atoms with E-state index in [4.69, 9.17) is 0 Å². The monoisotopic (exact) mass is 273 g/mol. The fourth-order valence-electron chi connectivity index (χ4n) is 2.56. The third-order valence-electron chi connectivity index (χ3n) is 3.56. The van der Waals surface area contributed by atoms with Crippen molar-refractivity contribution in [3.8, 4) is 5.69 Å². The van der Waals surface area contributed by atoms with Crippen LogP contribution in [0.3, 0.4) is 0 Å². The molecule has 0 amide bonds. The van der Waals surface area contributed by atoms with E-state index in [9.17, 15) is 10.1 Å². The van der Waals surface area contributed by atoms with Crippen LogP contribution < -0.4 is 4.90 Å². The Balaban J connectivity index is 2.06. The van der Waals surface area contributed by atoms with Crippen molar-refractivity contribution in [2.24, 2.45) is 0 Å². The molecule has 0 atom stereocenters. The van der Waals surface area contributed by atoms with Gasteiger partial charge in [0.15, 0.2) is 0 Å². The van der Waals surface area contributed by atoms with Gasteiger partial charge in [-0.1, -0.05) is 0 Å². The summed E-state index contributed by atoms with van der Waals surface area (Å²) in [6.07, 6.45) is 6.67. The van der Waals surface area contributed by atoms with Crippen LogP contribution in [0.1, 0.15) is 19.3 Å². The molecule has 1 aliphatic heterocycles. The number of non-ortho nitro benzene ring substituents is 1. The van der Waals surface area contributed by atoms with Crippen molar-refractivity contribution < 1.29 is 4.92 Å². The molecule has 20 heavy (non-hydrogen) atoms. The maximum absolute atomic E-state index is 11.0. The third-order valence-corrected chi connectivity index (χ3v) is 3.56. The molecule has 0 aliphatic carbocycles. The van der Waals surface area contributed by atoms with Crippen molar-refractivity contribution in [2.75, 3.05) is 18.0 Å². The minimum Gasteiger partial charge on any atom is -0.370 e. The maximum Gasteiger partial charge on any atom is 0.271 e. The summed E-state index contributed by atoms with van der Waals surface area (Å²) in [5, 5.41) is 18.5. The second-order valence-electron chi connectivity index (χ2n) is 4.85. The molecular weight excluding hydrogens is 258 g/mol. The van der Waals surface area contributed by atoms with Gasteiger partial charge in [-0.05, 0) is 25.3 Å². The van der Waals surface area contributed by atoms with Gasteiger partial charge in [-0.15, -0.1) is 10.2 Å². The molecule has 1 fully saturated rings. The number of nitrogens with zero attached hydrogens (tertiary/aromatic N) is 5. The molecule has 1 saturated heterocycles. The zero-order chi connectivity index (χ0) is 13.9. The van der Waals surface area contributed by atoms with Crippen LogP contribution in [0.25, 0.3) is 5.69 Å². The Morgan fingerprint density at radius 2 is 1.75 bits per heavy atom. The number of piperidine rings is 1. The summed E-state index contributed by atoms with van der Waals surface area (Å²) in [7, 11) is 0. The number of nitro groups is 1. The average molecular weight is 273 g/mol. The zero-order valence-corrected chi connectivity index (χ0v) is 11.0. The Hall–Kier alpha value is -2.44. The molecule has 1 aromatic carbocycles. The predicted octanol–water partition coefficient (Wildman–Crippen LogP) is 2.17. The van der Waals surface area contributed by atoms with Crippen molar-refractivity contribution in [2.45, 2.75) is 19.3 Å². The molecule has 0 radical (unpaired) electrons. The van der Waals surface area contributed by atoms with E-state index in [2.05, 4.69) is 15.1 Å². The highest BCUT2D eigenvalue weighted by molar-refractivity contribution is 5.66. The lowest BCUT2D eigenvalue weighted by Gasteiger charge is -2.30. The normalized spacial score (nSPS) is 15.3. The van der Waals surface area contributed by atoms with Gasteiger partial charge in [-0.25, -0.2) is 0 Å². The van der Waals surface area contributed by atoms with Gasteiger partial charge in [0.1, 0.15) is 12.7 Å². The molecule has 3 rings (SSSR count). The van der Waals surface area contributed by atoms with E-state index < -0.39 is 0 Å². The van der Waals surface area contributed by atoms with Crippen molar-refractivity contribution in [3.05, 3.63) is 41.0 Å². The number of aromatic nitrogens is 3. The first kappa shape index (κ1) is 12.6. The van der Waals surface area contributed by atoms with Crippen LogP contribution in [0.4, 0.5) is 11.4 Å². The van der Waals surface area contributed by atoms with Crippen LogP contribution in [0.5, 0.6) is 0 Å². The molecular formula is C13H15N5O2. The van der Waals surface area contributed by atoms with Crippen LogP contribution in [-0.2, 0) is 0 Å². The summed E-state index contributed by atoms with van der Waals surface area (Å²) in [6, 6.07) is 4.95. The van der Waals surface area contributed by atoms with Crippen LogP contribution >= 0.6 is 0 Å². The van der Waals surface area contributed by atoms with Crippen LogP contribution in [0, 0.1) is 10.1 Å². The molecule has 1 aliphatic rings. The summed E-state index contributed by atoms with van der Waals surface area (Å²) < 4.78 is 1.72. The van der Waals surface area contributed by atoms with Crippen molar-refractivity contribution >= 4 is 11.4 Å². The number of hydrogen-bond donors (Lipinski definition) is 0. The first-order valence-electron chi connectivity index (χ1n) is 6.64. The van der Waals surface area contributed by atoms with E-state index in [1.54, 1.807) is 29.4 Å². The van der Waals surface area contributed by atoms with Gasteiger partial charge < -0.3 is 4.90 Å². The van der Waals surface area contributed by atoms with Gasteiger partial charge in [0.05, 0.1) is 16.3 Å². The summed E-state index contributed by atoms with van der Waals surface area (Å²) in [4.78, 5) is 12.8. The van der Waals surface area contributed by atoms with E-state index in [1.807, 2.05) is 6.07 Å². The van der Waals surface area contributed by atoms with Gasteiger partial charge >= 0.3 is 0 Å². The number of rotatable bonds is 3. The highest BCUT2D eigenvalue weighted by Gasteiger charge is 2.18. The van der Waals surface area contributed by atoms with E-state index in [-0.39, 0.29) is 10.6 Å². The van der Waals surface area contributed by atoms with Gasteiger partial charge in [0.2, 0.25) is 0 Å². The Labute approximate surface area is 116 Å². The second-order valence-corrected chi connectivity index (χ2v) is 4.85. The predicted molar refractivity (Wildman–Crippen MR) is 74.1 cm³/mol. The molecule has 0 saturated carbocycles. The Morgan fingerprint density at radius 1 is 1.05 bits per heavy atom. The largest absolute Gasteiger partial charge is 0.370 e. The molecule has 0 N–H and O–H groups in total. The minimum absolute atomic E-state index is 0.0782. The average Bonchev–Trinajstić information content (AvgIpc) is 3.01. The SMILES string of the molecule is O=[N+]([O-])c1ccc(N2CCCCC2)c(-n2cnnc2)c1. The Kier molecular flexibility index (Phi) is 3.32. The van der Waals surface area contributed by atoms with Crippen LogP contribution in [-0.4, -0.2) is 32.8 Å². The molecule has 0 spiro atoms. The fourth-order valence-corrected chi connectivity index (χ4v) is 2.56. The van der Waals surface area contributed by atoms with Crippen molar-refractivity contribution in [1.82, 2.24) is 14.8 Å². The Bertz CT molecular complexity index is 605. The second kappa shape index (κ2) is 5.28. The Morgan fingerprint density at radius 3 is 2.40 bits per heavy atom. The summed E-state index contributed by atoms with van der Waals surface area (Å²) >= 11 is 0. The fraction of sp³-hybridized carbons (Fsp3) is 0.385. The van der Waals surface area contributed by atoms with E-state index in [1.165, 1.54) is 6.42 Å². The van der Waals surface area contributed by atoms with Gasteiger partial charge in [0.25, 0.3) is 5.69 Å². The summed E-state index contributed by atoms with van der Waals surface area (Å²) in [6.45, 7) is 1.96. The maximum atomic E-state index is 11.0. The smallest absolute Gasteiger partial charge is 0.271 e. The number of nitro benzene ring substituents is 1. The third kappa shape index (κ3) is 2.34. The lowest BCUT2D eigenvalue weighted by molar-refractivity contribution is -0.384.